The Hall–Kier alpha value is -2.18. The van der Waals surface area contributed by atoms with Crippen molar-refractivity contribution in [3.8, 4) is 17.0 Å². The molecule has 0 spiro atoms. The first-order valence-electron chi connectivity index (χ1n) is 12.1. The maximum atomic E-state index is 6.34. The highest BCUT2D eigenvalue weighted by Gasteiger charge is 2.20. The van der Waals surface area contributed by atoms with Crippen molar-refractivity contribution in [3.63, 3.8) is 0 Å². The summed E-state index contributed by atoms with van der Waals surface area (Å²) in [4.78, 5) is 14.9. The fraction of sp³-hybridized carbons (Fsp3) is 0.615. The van der Waals surface area contributed by atoms with Gasteiger partial charge < -0.3 is 14.4 Å². The molecule has 0 aliphatic carbocycles. The SMILES string of the molecule is CCCN(CCC)c1nc(C)c(-c2c(C)cc(C)cc2OCCN2CCOCC2)nc1C. The molecule has 0 amide bonds. The smallest absolute Gasteiger partial charge is 0.150 e. The van der Waals surface area contributed by atoms with Crippen molar-refractivity contribution in [3.05, 3.63) is 34.6 Å². The zero-order chi connectivity index (χ0) is 23.1. The quantitative estimate of drug-likeness (QED) is 0.533. The topological polar surface area (TPSA) is 50.7 Å². The van der Waals surface area contributed by atoms with Crippen LogP contribution in [-0.2, 0) is 4.74 Å². The van der Waals surface area contributed by atoms with E-state index in [1.165, 1.54) is 11.1 Å². The fourth-order valence-corrected chi connectivity index (χ4v) is 4.45. The molecule has 6 nitrogen and oxygen atoms in total. The molecule has 1 saturated heterocycles. The number of hydrogen-bond acceptors (Lipinski definition) is 6. The van der Waals surface area contributed by atoms with Gasteiger partial charge in [0, 0.05) is 38.3 Å². The molecule has 0 saturated carbocycles. The highest BCUT2D eigenvalue weighted by atomic mass is 16.5. The highest BCUT2D eigenvalue weighted by molar-refractivity contribution is 5.74. The third-order valence-electron chi connectivity index (χ3n) is 5.96. The van der Waals surface area contributed by atoms with Gasteiger partial charge in [-0.2, -0.15) is 0 Å². The second kappa shape index (κ2) is 11.6. The van der Waals surface area contributed by atoms with Crippen LogP contribution in [0.2, 0.25) is 0 Å². The first-order valence-corrected chi connectivity index (χ1v) is 12.1. The van der Waals surface area contributed by atoms with Crippen molar-refractivity contribution in [1.29, 1.82) is 0 Å². The van der Waals surface area contributed by atoms with Crippen molar-refractivity contribution >= 4 is 5.82 Å². The molecule has 1 fully saturated rings. The van der Waals surface area contributed by atoms with Crippen molar-refractivity contribution in [2.24, 2.45) is 0 Å². The van der Waals surface area contributed by atoms with Crippen LogP contribution in [-0.4, -0.2) is 67.4 Å². The van der Waals surface area contributed by atoms with Crippen LogP contribution >= 0.6 is 0 Å². The van der Waals surface area contributed by atoms with Crippen molar-refractivity contribution in [2.75, 3.05) is 57.4 Å². The lowest BCUT2D eigenvalue weighted by Gasteiger charge is -2.27. The number of hydrogen-bond donors (Lipinski definition) is 0. The Morgan fingerprint density at radius 2 is 1.66 bits per heavy atom. The lowest BCUT2D eigenvalue weighted by Crippen LogP contribution is -2.38. The molecule has 0 unspecified atom stereocenters. The summed E-state index contributed by atoms with van der Waals surface area (Å²) < 4.78 is 11.8. The molecule has 176 valence electrons. The number of ether oxygens (including phenoxy) is 2. The van der Waals surface area contributed by atoms with Crippen LogP contribution in [0.25, 0.3) is 11.3 Å². The normalized spacial score (nSPS) is 14.6. The second-order valence-electron chi connectivity index (χ2n) is 8.81. The van der Waals surface area contributed by atoms with E-state index in [1.807, 2.05) is 0 Å². The first-order chi connectivity index (χ1) is 15.4. The minimum Gasteiger partial charge on any atom is -0.492 e. The third kappa shape index (κ3) is 5.99. The molecule has 1 aromatic carbocycles. The van der Waals surface area contributed by atoms with Gasteiger partial charge in [-0.1, -0.05) is 19.9 Å². The largest absolute Gasteiger partial charge is 0.492 e. The number of aromatic nitrogens is 2. The van der Waals surface area contributed by atoms with Gasteiger partial charge in [0.15, 0.2) is 0 Å². The van der Waals surface area contributed by atoms with Crippen LogP contribution < -0.4 is 9.64 Å². The summed E-state index contributed by atoms with van der Waals surface area (Å²) in [5.74, 6) is 1.91. The van der Waals surface area contributed by atoms with Crippen molar-refractivity contribution < 1.29 is 9.47 Å². The fourth-order valence-electron chi connectivity index (χ4n) is 4.45. The van der Waals surface area contributed by atoms with Crippen LogP contribution in [0.5, 0.6) is 5.75 Å². The molecule has 1 aromatic heterocycles. The monoisotopic (exact) mass is 440 g/mol. The van der Waals surface area contributed by atoms with Gasteiger partial charge in [-0.15, -0.1) is 0 Å². The summed E-state index contributed by atoms with van der Waals surface area (Å²) in [6, 6.07) is 4.33. The molecular formula is C26H40N4O2. The minimum absolute atomic E-state index is 0.653. The van der Waals surface area contributed by atoms with E-state index in [2.05, 4.69) is 63.5 Å². The van der Waals surface area contributed by atoms with E-state index in [0.29, 0.717) is 6.61 Å². The summed E-state index contributed by atoms with van der Waals surface area (Å²) in [5.41, 5.74) is 6.30. The van der Waals surface area contributed by atoms with Gasteiger partial charge in [0.05, 0.1) is 30.3 Å². The Morgan fingerprint density at radius 3 is 2.31 bits per heavy atom. The number of rotatable bonds is 10. The molecule has 0 atom stereocenters. The number of aryl methyl sites for hydroxylation is 4. The van der Waals surface area contributed by atoms with Crippen LogP contribution in [0, 0.1) is 27.7 Å². The number of benzene rings is 1. The first kappa shape index (κ1) is 24.5. The highest BCUT2D eigenvalue weighted by Crippen LogP contribution is 2.36. The standard InChI is InChI=1S/C26H40N4O2/c1-7-9-30(10-8-2)26-22(6)27-25(21(5)28-26)24-20(4)17-19(3)18-23(24)32-16-13-29-11-14-31-15-12-29/h17-18H,7-16H2,1-6H3. The van der Waals surface area contributed by atoms with Gasteiger partial charge in [-0.3, -0.25) is 4.90 Å². The molecular weight excluding hydrogens is 400 g/mol. The summed E-state index contributed by atoms with van der Waals surface area (Å²) in [6.45, 7) is 19.9. The lowest BCUT2D eigenvalue weighted by molar-refractivity contribution is 0.0323. The number of nitrogens with zero attached hydrogens (tertiary/aromatic N) is 4. The van der Waals surface area contributed by atoms with Crippen LogP contribution in [0.1, 0.15) is 49.2 Å². The van der Waals surface area contributed by atoms with Gasteiger partial charge in [-0.05, 0) is 57.7 Å². The minimum atomic E-state index is 0.653. The maximum Gasteiger partial charge on any atom is 0.150 e. The summed E-state index contributed by atoms with van der Waals surface area (Å²) in [6.07, 6.45) is 2.19. The van der Waals surface area contributed by atoms with Crippen LogP contribution in [0.15, 0.2) is 12.1 Å². The summed E-state index contributed by atoms with van der Waals surface area (Å²) >= 11 is 0. The lowest BCUT2D eigenvalue weighted by atomic mass is 10.00. The Morgan fingerprint density at radius 1 is 0.969 bits per heavy atom. The van der Waals surface area contributed by atoms with E-state index in [-0.39, 0.29) is 0 Å². The Labute approximate surface area is 194 Å². The van der Waals surface area contributed by atoms with Gasteiger partial charge in [-0.25, -0.2) is 9.97 Å². The predicted octanol–water partition coefficient (Wildman–Crippen LogP) is 4.71. The molecule has 2 heterocycles. The molecule has 32 heavy (non-hydrogen) atoms. The Kier molecular flexibility index (Phi) is 8.88. The molecule has 1 aliphatic heterocycles. The summed E-state index contributed by atoms with van der Waals surface area (Å²) in [5, 5.41) is 0. The van der Waals surface area contributed by atoms with E-state index in [1.54, 1.807) is 0 Å². The van der Waals surface area contributed by atoms with Gasteiger partial charge in [0.25, 0.3) is 0 Å². The molecule has 0 radical (unpaired) electrons. The van der Waals surface area contributed by atoms with E-state index in [0.717, 1.165) is 93.0 Å². The van der Waals surface area contributed by atoms with Crippen LogP contribution in [0.3, 0.4) is 0 Å². The molecule has 0 bridgehead atoms. The van der Waals surface area contributed by atoms with Gasteiger partial charge in [0.1, 0.15) is 18.2 Å². The molecule has 1 aliphatic rings. The number of morpholine rings is 1. The molecule has 2 aromatic rings. The Bertz CT molecular complexity index is 888. The van der Waals surface area contributed by atoms with Crippen molar-refractivity contribution in [1.82, 2.24) is 14.9 Å². The Balaban J connectivity index is 1.89. The zero-order valence-corrected chi connectivity index (χ0v) is 20.8. The average molecular weight is 441 g/mol. The van der Waals surface area contributed by atoms with E-state index >= 15 is 0 Å². The van der Waals surface area contributed by atoms with E-state index in [4.69, 9.17) is 19.4 Å². The van der Waals surface area contributed by atoms with Crippen LogP contribution in [0.4, 0.5) is 5.82 Å². The van der Waals surface area contributed by atoms with Gasteiger partial charge >= 0.3 is 0 Å². The molecule has 3 rings (SSSR count). The van der Waals surface area contributed by atoms with Gasteiger partial charge in [0.2, 0.25) is 0 Å². The predicted molar refractivity (Wildman–Crippen MR) is 132 cm³/mol. The van der Waals surface area contributed by atoms with E-state index < -0.39 is 0 Å². The van der Waals surface area contributed by atoms with Crippen molar-refractivity contribution in [2.45, 2.75) is 54.4 Å². The second-order valence-corrected chi connectivity index (χ2v) is 8.81. The zero-order valence-electron chi connectivity index (χ0n) is 20.8. The third-order valence-corrected chi connectivity index (χ3v) is 5.96. The molecule has 6 heteroatoms. The van der Waals surface area contributed by atoms with E-state index in [9.17, 15) is 0 Å². The molecule has 0 N–H and O–H groups in total. The maximum absolute atomic E-state index is 6.34. The number of anilines is 1. The summed E-state index contributed by atoms with van der Waals surface area (Å²) in [7, 11) is 0. The average Bonchev–Trinajstić information content (AvgIpc) is 2.76.